The van der Waals surface area contributed by atoms with Crippen LogP contribution in [0.15, 0.2) is 18.2 Å². The number of thioether (sulfide) groups is 1. The minimum Gasteiger partial charge on any atom is -0.398 e. The Morgan fingerprint density at radius 1 is 1.62 bits per heavy atom. The van der Waals surface area contributed by atoms with E-state index < -0.39 is 0 Å². The van der Waals surface area contributed by atoms with Crippen molar-refractivity contribution in [2.75, 3.05) is 18.5 Å². The highest BCUT2D eigenvalue weighted by molar-refractivity contribution is 7.99. The molecule has 0 radical (unpaired) electrons. The zero-order valence-electron chi connectivity index (χ0n) is 9.29. The van der Waals surface area contributed by atoms with Crippen LogP contribution in [0.1, 0.15) is 17.3 Å². The molecule has 0 saturated heterocycles. The molecule has 3 N–H and O–H groups in total. The van der Waals surface area contributed by atoms with Crippen LogP contribution in [-0.2, 0) is 0 Å². The molecule has 0 spiro atoms. The molecule has 0 bridgehead atoms. The number of nitrogen functional groups attached to an aromatic ring is 1. The Hall–Kier alpha value is -0.870. The van der Waals surface area contributed by atoms with E-state index in [0.29, 0.717) is 28.1 Å². The van der Waals surface area contributed by atoms with E-state index in [4.69, 9.17) is 17.3 Å². The Kier molecular flexibility index (Phi) is 4.96. The summed E-state index contributed by atoms with van der Waals surface area (Å²) in [5.74, 6) is -0.122. The fraction of sp³-hybridized carbons (Fsp3) is 0.364. The van der Waals surface area contributed by atoms with Gasteiger partial charge in [0.05, 0.1) is 10.7 Å². The van der Waals surface area contributed by atoms with Gasteiger partial charge in [0, 0.05) is 17.4 Å². The van der Waals surface area contributed by atoms with Crippen LogP contribution in [-0.4, -0.2) is 24.0 Å². The number of hydrogen-bond acceptors (Lipinski definition) is 3. The molecule has 0 fully saturated rings. The summed E-state index contributed by atoms with van der Waals surface area (Å²) in [5, 5.41) is 3.64. The Labute approximate surface area is 105 Å². The molecule has 1 aromatic carbocycles. The Morgan fingerprint density at radius 2 is 2.31 bits per heavy atom. The fourth-order valence-corrected chi connectivity index (χ4v) is 1.52. The molecule has 3 nitrogen and oxygen atoms in total. The van der Waals surface area contributed by atoms with E-state index in [1.807, 2.05) is 6.26 Å². The summed E-state index contributed by atoms with van der Waals surface area (Å²) in [4.78, 5) is 11.7. The molecule has 1 aromatic rings. The number of rotatable bonds is 4. The molecule has 1 unspecified atom stereocenters. The van der Waals surface area contributed by atoms with Gasteiger partial charge in [0.2, 0.25) is 0 Å². The minimum atomic E-state index is -0.122. The third kappa shape index (κ3) is 3.61. The number of carbonyl (C=O) groups is 1. The van der Waals surface area contributed by atoms with E-state index in [0.717, 1.165) is 0 Å². The molecule has 0 heterocycles. The van der Waals surface area contributed by atoms with Crippen molar-refractivity contribution < 1.29 is 4.79 Å². The number of amides is 1. The highest BCUT2D eigenvalue weighted by atomic mass is 35.5. The quantitative estimate of drug-likeness (QED) is 0.816. The van der Waals surface area contributed by atoms with Crippen molar-refractivity contribution in [2.45, 2.75) is 12.2 Å². The summed E-state index contributed by atoms with van der Waals surface area (Å²) < 4.78 is 0. The van der Waals surface area contributed by atoms with Crippen molar-refractivity contribution in [3.05, 3.63) is 28.8 Å². The lowest BCUT2D eigenvalue weighted by Crippen LogP contribution is -2.29. The first kappa shape index (κ1) is 13.2. The minimum absolute atomic E-state index is 0.122. The lowest BCUT2D eigenvalue weighted by molar-refractivity contribution is 0.0954. The monoisotopic (exact) mass is 258 g/mol. The second-order valence-corrected chi connectivity index (χ2v) is 5.18. The SMILES string of the molecule is CSC(C)CNC(=O)c1ccc(N)c(Cl)c1. The number of carbonyl (C=O) groups excluding carboxylic acids is 1. The van der Waals surface area contributed by atoms with Crippen LogP contribution in [0.4, 0.5) is 5.69 Å². The smallest absolute Gasteiger partial charge is 0.251 e. The topological polar surface area (TPSA) is 55.1 Å². The summed E-state index contributed by atoms with van der Waals surface area (Å²) in [6.45, 7) is 2.70. The van der Waals surface area contributed by atoms with Crippen LogP contribution >= 0.6 is 23.4 Å². The van der Waals surface area contributed by atoms with Crippen LogP contribution in [0.2, 0.25) is 5.02 Å². The van der Waals surface area contributed by atoms with Gasteiger partial charge < -0.3 is 11.1 Å². The average Bonchev–Trinajstić information content (AvgIpc) is 2.29. The van der Waals surface area contributed by atoms with E-state index in [2.05, 4.69) is 12.2 Å². The Bertz CT molecular complexity index is 384. The first-order valence-corrected chi connectivity index (χ1v) is 6.57. The normalized spacial score (nSPS) is 12.2. The molecule has 0 aliphatic rings. The summed E-state index contributed by atoms with van der Waals surface area (Å²) in [6.07, 6.45) is 2.01. The highest BCUT2D eigenvalue weighted by Crippen LogP contribution is 2.19. The van der Waals surface area contributed by atoms with E-state index in [9.17, 15) is 4.79 Å². The Balaban J connectivity index is 2.63. The molecular formula is C11H15ClN2OS. The number of hydrogen-bond donors (Lipinski definition) is 2. The maximum absolute atomic E-state index is 11.7. The first-order valence-electron chi connectivity index (χ1n) is 4.90. The second kappa shape index (κ2) is 6.01. The summed E-state index contributed by atoms with van der Waals surface area (Å²) >= 11 is 7.55. The van der Waals surface area contributed by atoms with Gasteiger partial charge >= 0.3 is 0 Å². The van der Waals surface area contributed by atoms with Crippen molar-refractivity contribution in [3.8, 4) is 0 Å². The fourth-order valence-electron chi connectivity index (χ4n) is 1.09. The van der Waals surface area contributed by atoms with Crippen LogP contribution < -0.4 is 11.1 Å². The van der Waals surface area contributed by atoms with Crippen molar-refractivity contribution in [2.24, 2.45) is 0 Å². The van der Waals surface area contributed by atoms with Gasteiger partial charge in [0.15, 0.2) is 0 Å². The van der Waals surface area contributed by atoms with Gasteiger partial charge in [0.1, 0.15) is 0 Å². The molecule has 0 aliphatic heterocycles. The van der Waals surface area contributed by atoms with E-state index in [1.165, 1.54) is 0 Å². The zero-order chi connectivity index (χ0) is 12.1. The van der Waals surface area contributed by atoms with Gasteiger partial charge in [-0.05, 0) is 24.5 Å². The van der Waals surface area contributed by atoms with E-state index in [1.54, 1.807) is 30.0 Å². The standard InChI is InChI=1S/C11H15ClN2OS/c1-7(16-2)6-14-11(15)8-3-4-10(13)9(12)5-8/h3-5,7H,6,13H2,1-2H3,(H,14,15). The zero-order valence-corrected chi connectivity index (χ0v) is 10.9. The van der Waals surface area contributed by atoms with Gasteiger partial charge in [-0.15, -0.1) is 0 Å². The molecule has 5 heteroatoms. The highest BCUT2D eigenvalue weighted by Gasteiger charge is 2.08. The molecule has 1 rings (SSSR count). The third-order valence-corrected chi connectivity index (χ3v) is 3.51. The Morgan fingerprint density at radius 3 is 2.88 bits per heavy atom. The second-order valence-electron chi connectivity index (χ2n) is 3.49. The van der Waals surface area contributed by atoms with Gasteiger partial charge in [-0.2, -0.15) is 11.8 Å². The first-order chi connectivity index (χ1) is 7.54. The van der Waals surface area contributed by atoms with Crippen LogP contribution in [0.3, 0.4) is 0 Å². The molecule has 88 valence electrons. The molecule has 1 atom stereocenters. The number of anilines is 1. The molecule has 16 heavy (non-hydrogen) atoms. The van der Waals surface area contributed by atoms with Gasteiger partial charge in [-0.3, -0.25) is 4.79 Å². The lowest BCUT2D eigenvalue weighted by Gasteiger charge is -2.10. The van der Waals surface area contributed by atoms with Crippen molar-refractivity contribution in [1.29, 1.82) is 0 Å². The maximum atomic E-state index is 11.7. The number of halogens is 1. The van der Waals surface area contributed by atoms with Gasteiger partial charge in [-0.25, -0.2) is 0 Å². The summed E-state index contributed by atoms with van der Waals surface area (Å²) in [7, 11) is 0. The van der Waals surface area contributed by atoms with Crippen molar-refractivity contribution >= 4 is 35.0 Å². The van der Waals surface area contributed by atoms with Crippen molar-refractivity contribution in [3.63, 3.8) is 0 Å². The van der Waals surface area contributed by atoms with Crippen LogP contribution in [0.25, 0.3) is 0 Å². The number of nitrogens with two attached hydrogens (primary N) is 1. The van der Waals surface area contributed by atoms with Crippen LogP contribution in [0, 0.1) is 0 Å². The van der Waals surface area contributed by atoms with Gasteiger partial charge in [-0.1, -0.05) is 18.5 Å². The molecule has 0 saturated carbocycles. The average molecular weight is 259 g/mol. The van der Waals surface area contributed by atoms with Crippen molar-refractivity contribution in [1.82, 2.24) is 5.32 Å². The summed E-state index contributed by atoms with van der Waals surface area (Å²) in [6, 6.07) is 4.88. The summed E-state index contributed by atoms with van der Waals surface area (Å²) in [5.41, 5.74) is 6.58. The maximum Gasteiger partial charge on any atom is 0.251 e. The molecule has 0 aliphatic carbocycles. The number of benzene rings is 1. The third-order valence-electron chi connectivity index (χ3n) is 2.22. The molecular weight excluding hydrogens is 244 g/mol. The molecule has 1 amide bonds. The predicted octanol–water partition coefficient (Wildman–Crippen LogP) is 2.40. The largest absolute Gasteiger partial charge is 0.398 e. The van der Waals surface area contributed by atoms with E-state index >= 15 is 0 Å². The lowest BCUT2D eigenvalue weighted by atomic mass is 10.2. The van der Waals surface area contributed by atoms with Gasteiger partial charge in [0.25, 0.3) is 5.91 Å². The predicted molar refractivity (Wildman–Crippen MR) is 71.2 cm³/mol. The van der Waals surface area contributed by atoms with E-state index in [-0.39, 0.29) is 5.91 Å². The van der Waals surface area contributed by atoms with Crippen LogP contribution in [0.5, 0.6) is 0 Å². The molecule has 0 aromatic heterocycles. The number of nitrogens with one attached hydrogen (secondary N) is 1.